The van der Waals surface area contributed by atoms with Crippen molar-refractivity contribution in [2.24, 2.45) is 0 Å². The number of thioether (sulfide) groups is 1. The van der Waals surface area contributed by atoms with Gasteiger partial charge in [-0.2, -0.15) is 0 Å². The number of amides is 1. The van der Waals surface area contributed by atoms with Crippen LogP contribution >= 0.6 is 23.4 Å². The van der Waals surface area contributed by atoms with E-state index in [-0.39, 0.29) is 12.0 Å². The van der Waals surface area contributed by atoms with Gasteiger partial charge in [0.1, 0.15) is 5.75 Å². The standard InChI is InChI=1S/C18H20ClNO2S/c1-13(2)22-17-8-4-7-16(10-17)20-18(21)12-23-11-14-5-3-6-15(19)9-14/h3-10,13H,11-12H2,1-2H3,(H,20,21). The molecule has 0 aliphatic heterocycles. The molecule has 0 radical (unpaired) electrons. The highest BCUT2D eigenvalue weighted by molar-refractivity contribution is 7.99. The Bertz CT molecular complexity index is 661. The minimum absolute atomic E-state index is 0.0290. The molecular weight excluding hydrogens is 330 g/mol. The van der Waals surface area contributed by atoms with Gasteiger partial charge >= 0.3 is 0 Å². The molecule has 3 nitrogen and oxygen atoms in total. The highest BCUT2D eigenvalue weighted by Crippen LogP contribution is 2.20. The van der Waals surface area contributed by atoms with Crippen molar-refractivity contribution < 1.29 is 9.53 Å². The normalized spacial score (nSPS) is 10.6. The number of carbonyl (C=O) groups is 1. The van der Waals surface area contributed by atoms with Gasteiger partial charge in [0.05, 0.1) is 11.9 Å². The van der Waals surface area contributed by atoms with Crippen LogP contribution in [0, 0.1) is 0 Å². The molecule has 0 fully saturated rings. The zero-order valence-corrected chi connectivity index (χ0v) is 14.8. The minimum atomic E-state index is -0.0290. The Morgan fingerprint density at radius 2 is 2.00 bits per heavy atom. The predicted molar refractivity (Wildman–Crippen MR) is 98.4 cm³/mol. The molecule has 0 unspecified atom stereocenters. The molecule has 2 aromatic carbocycles. The van der Waals surface area contributed by atoms with Crippen molar-refractivity contribution in [3.8, 4) is 5.75 Å². The van der Waals surface area contributed by atoms with Crippen LogP contribution in [0.4, 0.5) is 5.69 Å². The quantitative estimate of drug-likeness (QED) is 0.764. The summed E-state index contributed by atoms with van der Waals surface area (Å²) in [6.45, 7) is 3.94. The summed E-state index contributed by atoms with van der Waals surface area (Å²) in [6.07, 6.45) is 0.106. The number of carbonyl (C=O) groups excluding carboxylic acids is 1. The van der Waals surface area contributed by atoms with Crippen molar-refractivity contribution in [1.29, 1.82) is 0 Å². The number of ether oxygens (including phenoxy) is 1. The van der Waals surface area contributed by atoms with Gasteiger partial charge in [0.25, 0.3) is 0 Å². The zero-order chi connectivity index (χ0) is 16.7. The average molecular weight is 350 g/mol. The van der Waals surface area contributed by atoms with E-state index in [0.29, 0.717) is 5.75 Å². The first-order chi connectivity index (χ1) is 11.0. The van der Waals surface area contributed by atoms with E-state index in [1.54, 1.807) is 11.8 Å². The molecular formula is C18H20ClNO2S. The fraction of sp³-hybridized carbons (Fsp3) is 0.278. The summed E-state index contributed by atoms with van der Waals surface area (Å²) < 4.78 is 5.62. The Morgan fingerprint density at radius 3 is 2.74 bits per heavy atom. The van der Waals surface area contributed by atoms with Crippen molar-refractivity contribution in [3.05, 3.63) is 59.1 Å². The fourth-order valence-electron chi connectivity index (χ4n) is 2.00. The molecule has 0 aliphatic rings. The molecule has 2 rings (SSSR count). The maximum atomic E-state index is 12.0. The highest BCUT2D eigenvalue weighted by atomic mass is 35.5. The van der Waals surface area contributed by atoms with E-state index in [0.717, 1.165) is 27.8 Å². The van der Waals surface area contributed by atoms with Gasteiger partial charge < -0.3 is 10.1 Å². The van der Waals surface area contributed by atoms with E-state index in [9.17, 15) is 4.79 Å². The molecule has 122 valence electrons. The van der Waals surface area contributed by atoms with Crippen LogP contribution in [0.25, 0.3) is 0 Å². The second kappa shape index (κ2) is 8.85. The van der Waals surface area contributed by atoms with Gasteiger partial charge in [0, 0.05) is 22.5 Å². The zero-order valence-electron chi connectivity index (χ0n) is 13.2. The lowest BCUT2D eigenvalue weighted by Gasteiger charge is -2.11. The SMILES string of the molecule is CC(C)Oc1cccc(NC(=O)CSCc2cccc(Cl)c2)c1. The van der Waals surface area contributed by atoms with Crippen molar-refractivity contribution in [1.82, 2.24) is 0 Å². The lowest BCUT2D eigenvalue weighted by Crippen LogP contribution is -2.14. The average Bonchev–Trinajstić information content (AvgIpc) is 2.47. The molecule has 0 atom stereocenters. The number of rotatable bonds is 7. The van der Waals surface area contributed by atoms with Crippen LogP contribution in [0.3, 0.4) is 0 Å². The van der Waals surface area contributed by atoms with E-state index in [4.69, 9.17) is 16.3 Å². The Kier molecular flexibility index (Phi) is 6.81. The van der Waals surface area contributed by atoms with E-state index in [1.165, 1.54) is 0 Å². The van der Waals surface area contributed by atoms with Crippen LogP contribution in [0.5, 0.6) is 5.75 Å². The summed E-state index contributed by atoms with van der Waals surface area (Å²) in [4.78, 5) is 12.0. The van der Waals surface area contributed by atoms with Crippen LogP contribution in [0.2, 0.25) is 5.02 Å². The van der Waals surface area contributed by atoms with Crippen molar-refractivity contribution in [3.63, 3.8) is 0 Å². The second-order valence-corrected chi connectivity index (χ2v) is 6.79. The molecule has 0 aliphatic carbocycles. The molecule has 1 amide bonds. The molecule has 5 heteroatoms. The van der Waals surface area contributed by atoms with Gasteiger partial charge in [0.2, 0.25) is 5.91 Å². The van der Waals surface area contributed by atoms with Crippen LogP contribution in [0.1, 0.15) is 19.4 Å². The van der Waals surface area contributed by atoms with Gasteiger partial charge in [-0.25, -0.2) is 0 Å². The molecule has 23 heavy (non-hydrogen) atoms. The smallest absolute Gasteiger partial charge is 0.234 e. The molecule has 0 aromatic heterocycles. The van der Waals surface area contributed by atoms with E-state index in [1.807, 2.05) is 62.4 Å². The van der Waals surface area contributed by atoms with Gasteiger partial charge in [0.15, 0.2) is 0 Å². The van der Waals surface area contributed by atoms with E-state index in [2.05, 4.69) is 5.32 Å². The van der Waals surface area contributed by atoms with Crippen LogP contribution in [0.15, 0.2) is 48.5 Å². The predicted octanol–water partition coefficient (Wildman–Crippen LogP) is 5.00. The Labute approximate surface area is 146 Å². The largest absolute Gasteiger partial charge is 0.491 e. The molecule has 0 bridgehead atoms. The van der Waals surface area contributed by atoms with E-state index >= 15 is 0 Å². The number of nitrogens with one attached hydrogen (secondary N) is 1. The fourth-order valence-corrected chi connectivity index (χ4v) is 2.99. The van der Waals surface area contributed by atoms with Crippen LogP contribution in [-0.4, -0.2) is 17.8 Å². The van der Waals surface area contributed by atoms with Gasteiger partial charge in [-0.05, 0) is 43.7 Å². The summed E-state index contributed by atoms with van der Waals surface area (Å²) >= 11 is 7.50. The Hall–Kier alpha value is -1.65. The molecule has 0 heterocycles. The minimum Gasteiger partial charge on any atom is -0.491 e. The summed E-state index contributed by atoms with van der Waals surface area (Å²) in [5, 5.41) is 3.60. The number of hydrogen-bond acceptors (Lipinski definition) is 3. The van der Waals surface area contributed by atoms with Crippen molar-refractivity contribution >= 4 is 35.0 Å². The third-order valence-electron chi connectivity index (χ3n) is 2.88. The van der Waals surface area contributed by atoms with Crippen molar-refractivity contribution in [2.75, 3.05) is 11.1 Å². The third-order valence-corrected chi connectivity index (χ3v) is 4.12. The third kappa shape index (κ3) is 6.55. The molecule has 2 aromatic rings. The van der Waals surface area contributed by atoms with Crippen LogP contribution in [-0.2, 0) is 10.5 Å². The number of hydrogen-bond donors (Lipinski definition) is 1. The number of anilines is 1. The number of halogens is 1. The summed E-state index contributed by atoms with van der Waals surface area (Å²) in [5.74, 6) is 1.87. The molecule has 1 N–H and O–H groups in total. The first-order valence-corrected chi connectivity index (χ1v) is 8.95. The number of benzene rings is 2. The Morgan fingerprint density at radius 1 is 1.22 bits per heavy atom. The first-order valence-electron chi connectivity index (χ1n) is 7.41. The van der Waals surface area contributed by atoms with Gasteiger partial charge in [-0.3, -0.25) is 4.79 Å². The van der Waals surface area contributed by atoms with Gasteiger partial charge in [-0.1, -0.05) is 29.8 Å². The second-order valence-electron chi connectivity index (χ2n) is 5.37. The molecule has 0 saturated heterocycles. The molecule has 0 saturated carbocycles. The summed E-state index contributed by atoms with van der Waals surface area (Å²) in [6, 6.07) is 15.1. The maximum Gasteiger partial charge on any atom is 0.234 e. The monoisotopic (exact) mass is 349 g/mol. The van der Waals surface area contributed by atoms with Crippen LogP contribution < -0.4 is 10.1 Å². The maximum absolute atomic E-state index is 12.0. The Balaban J connectivity index is 1.80. The first kappa shape index (κ1) is 17.7. The summed E-state index contributed by atoms with van der Waals surface area (Å²) in [7, 11) is 0. The lowest BCUT2D eigenvalue weighted by atomic mass is 10.2. The lowest BCUT2D eigenvalue weighted by molar-refractivity contribution is -0.113. The van der Waals surface area contributed by atoms with E-state index < -0.39 is 0 Å². The highest BCUT2D eigenvalue weighted by Gasteiger charge is 2.05. The van der Waals surface area contributed by atoms with Gasteiger partial charge in [-0.15, -0.1) is 11.8 Å². The molecule has 0 spiro atoms. The van der Waals surface area contributed by atoms with Crippen molar-refractivity contribution in [2.45, 2.75) is 25.7 Å². The summed E-state index contributed by atoms with van der Waals surface area (Å²) in [5.41, 5.74) is 1.86. The topological polar surface area (TPSA) is 38.3 Å².